The van der Waals surface area contributed by atoms with Crippen LogP contribution in [0.1, 0.15) is 25.3 Å². The molecule has 0 aromatic heterocycles. The average molecular weight is 206 g/mol. The molecule has 1 aromatic rings. The molecule has 3 N–H and O–H groups in total. The van der Waals surface area contributed by atoms with Crippen LogP contribution < -0.4 is 10.5 Å². The Bertz CT molecular complexity index is 306. The minimum absolute atomic E-state index is 0.189. The second kappa shape index (κ2) is 6.06. The molecule has 3 heteroatoms. The molecule has 3 nitrogen and oxygen atoms in total. The molecule has 0 unspecified atom stereocenters. The molecule has 82 valence electrons. The van der Waals surface area contributed by atoms with Gasteiger partial charge in [-0.05, 0) is 24.1 Å². The lowest BCUT2D eigenvalue weighted by atomic mass is 10.1. The van der Waals surface area contributed by atoms with Crippen LogP contribution in [0.15, 0.2) is 24.3 Å². The lowest BCUT2D eigenvalue weighted by molar-refractivity contribution is 0.309. The Balaban J connectivity index is 2.45. The monoisotopic (exact) mass is 206 g/mol. The summed E-state index contributed by atoms with van der Waals surface area (Å²) in [5.41, 5.74) is 6.36. The molecule has 0 amide bonds. The quantitative estimate of drug-likeness (QED) is 0.426. The van der Waals surface area contributed by atoms with Gasteiger partial charge in [-0.1, -0.05) is 25.5 Å². The highest BCUT2D eigenvalue weighted by Crippen LogP contribution is 2.12. The summed E-state index contributed by atoms with van der Waals surface area (Å²) < 4.78 is 5.52. The fraction of sp³-hybridized carbons (Fsp3) is 0.417. The van der Waals surface area contributed by atoms with E-state index in [4.69, 9.17) is 15.9 Å². The summed E-state index contributed by atoms with van der Waals surface area (Å²) in [6.45, 7) is 2.90. The predicted molar refractivity (Wildman–Crippen MR) is 62.5 cm³/mol. The van der Waals surface area contributed by atoms with E-state index in [0.29, 0.717) is 6.42 Å². The van der Waals surface area contributed by atoms with E-state index in [1.54, 1.807) is 0 Å². The van der Waals surface area contributed by atoms with E-state index in [1.807, 2.05) is 24.3 Å². The Labute approximate surface area is 90.8 Å². The first-order chi connectivity index (χ1) is 7.22. The summed E-state index contributed by atoms with van der Waals surface area (Å²) in [4.78, 5) is 0. The number of nitrogens with one attached hydrogen (secondary N) is 1. The largest absolute Gasteiger partial charge is 0.494 e. The molecule has 0 atom stereocenters. The molecule has 0 aliphatic rings. The van der Waals surface area contributed by atoms with Crippen LogP contribution in [0.25, 0.3) is 0 Å². The van der Waals surface area contributed by atoms with Crippen molar-refractivity contribution in [2.24, 2.45) is 5.73 Å². The van der Waals surface area contributed by atoms with Crippen LogP contribution in [-0.4, -0.2) is 12.4 Å². The Morgan fingerprint density at radius 3 is 2.53 bits per heavy atom. The maximum Gasteiger partial charge on any atom is 0.119 e. The van der Waals surface area contributed by atoms with Gasteiger partial charge in [0.05, 0.1) is 12.4 Å². The third-order valence-electron chi connectivity index (χ3n) is 2.08. The van der Waals surface area contributed by atoms with E-state index in [1.165, 1.54) is 0 Å². The van der Waals surface area contributed by atoms with Gasteiger partial charge in [0.15, 0.2) is 0 Å². The lowest BCUT2D eigenvalue weighted by Gasteiger charge is -2.06. The summed E-state index contributed by atoms with van der Waals surface area (Å²) in [5, 5.41) is 7.17. The van der Waals surface area contributed by atoms with Crippen LogP contribution in [0.3, 0.4) is 0 Å². The Morgan fingerprint density at radius 2 is 2.00 bits per heavy atom. The van der Waals surface area contributed by atoms with Crippen molar-refractivity contribution >= 4 is 5.84 Å². The smallest absolute Gasteiger partial charge is 0.119 e. The van der Waals surface area contributed by atoms with Gasteiger partial charge in [-0.2, -0.15) is 0 Å². The summed E-state index contributed by atoms with van der Waals surface area (Å²) in [5.74, 6) is 1.07. The van der Waals surface area contributed by atoms with Crippen molar-refractivity contribution in [3.63, 3.8) is 0 Å². The Kier molecular flexibility index (Phi) is 4.68. The highest BCUT2D eigenvalue weighted by Gasteiger charge is 1.96. The van der Waals surface area contributed by atoms with Crippen LogP contribution in [-0.2, 0) is 6.42 Å². The van der Waals surface area contributed by atoms with Gasteiger partial charge < -0.3 is 10.5 Å². The van der Waals surface area contributed by atoms with Gasteiger partial charge in [-0.15, -0.1) is 0 Å². The normalized spacial score (nSPS) is 9.93. The van der Waals surface area contributed by atoms with Gasteiger partial charge in [0, 0.05) is 6.42 Å². The number of rotatable bonds is 6. The fourth-order valence-corrected chi connectivity index (χ4v) is 1.26. The Morgan fingerprint density at radius 1 is 1.33 bits per heavy atom. The van der Waals surface area contributed by atoms with Crippen molar-refractivity contribution in [3.8, 4) is 5.75 Å². The Hall–Kier alpha value is -1.51. The van der Waals surface area contributed by atoms with Crippen LogP contribution in [0.2, 0.25) is 0 Å². The van der Waals surface area contributed by atoms with Gasteiger partial charge in [-0.25, -0.2) is 0 Å². The SMILES string of the molecule is CCCCOc1ccc(CC(=N)N)cc1. The molecule has 0 aliphatic heterocycles. The van der Waals surface area contributed by atoms with Crippen LogP contribution in [0.5, 0.6) is 5.75 Å². The number of hydrogen-bond donors (Lipinski definition) is 2. The molecule has 0 saturated heterocycles. The van der Waals surface area contributed by atoms with Crippen LogP contribution >= 0.6 is 0 Å². The van der Waals surface area contributed by atoms with Gasteiger partial charge in [0.1, 0.15) is 5.75 Å². The lowest BCUT2D eigenvalue weighted by Crippen LogP contribution is -2.12. The van der Waals surface area contributed by atoms with Crippen LogP contribution in [0, 0.1) is 5.41 Å². The van der Waals surface area contributed by atoms with E-state index in [-0.39, 0.29) is 5.84 Å². The van der Waals surface area contributed by atoms with Gasteiger partial charge in [0.25, 0.3) is 0 Å². The van der Waals surface area contributed by atoms with E-state index in [2.05, 4.69) is 6.92 Å². The second-order valence-electron chi connectivity index (χ2n) is 3.55. The fourth-order valence-electron chi connectivity index (χ4n) is 1.26. The predicted octanol–water partition coefficient (Wildman–Crippen LogP) is 2.34. The molecule has 0 heterocycles. The van der Waals surface area contributed by atoms with Crippen molar-refractivity contribution in [2.45, 2.75) is 26.2 Å². The maximum atomic E-state index is 7.17. The van der Waals surface area contributed by atoms with Gasteiger partial charge in [-0.3, -0.25) is 5.41 Å². The molecular weight excluding hydrogens is 188 g/mol. The third-order valence-corrected chi connectivity index (χ3v) is 2.08. The molecule has 0 aliphatic carbocycles. The highest BCUT2D eigenvalue weighted by molar-refractivity contribution is 5.79. The van der Waals surface area contributed by atoms with Crippen LogP contribution in [0.4, 0.5) is 0 Å². The zero-order valence-corrected chi connectivity index (χ0v) is 9.12. The molecule has 0 saturated carbocycles. The summed E-state index contributed by atoms with van der Waals surface area (Å²) in [6.07, 6.45) is 2.73. The summed E-state index contributed by atoms with van der Waals surface area (Å²) in [7, 11) is 0. The zero-order chi connectivity index (χ0) is 11.1. The molecule has 1 aromatic carbocycles. The minimum atomic E-state index is 0.189. The number of ether oxygens (including phenoxy) is 1. The highest BCUT2D eigenvalue weighted by atomic mass is 16.5. The zero-order valence-electron chi connectivity index (χ0n) is 9.12. The summed E-state index contributed by atoms with van der Waals surface area (Å²) >= 11 is 0. The molecule has 1 rings (SSSR count). The number of hydrogen-bond acceptors (Lipinski definition) is 2. The van der Waals surface area contributed by atoms with Crippen molar-refractivity contribution < 1.29 is 4.74 Å². The maximum absolute atomic E-state index is 7.17. The number of amidine groups is 1. The van der Waals surface area contributed by atoms with E-state index >= 15 is 0 Å². The first kappa shape index (κ1) is 11.6. The number of benzene rings is 1. The molecular formula is C12H18N2O. The second-order valence-corrected chi connectivity index (χ2v) is 3.55. The first-order valence-electron chi connectivity index (χ1n) is 5.27. The molecule has 0 radical (unpaired) electrons. The van der Waals surface area contributed by atoms with Crippen molar-refractivity contribution in [1.29, 1.82) is 5.41 Å². The summed E-state index contributed by atoms with van der Waals surface area (Å²) in [6, 6.07) is 7.74. The number of nitrogens with two attached hydrogens (primary N) is 1. The van der Waals surface area contributed by atoms with E-state index in [0.717, 1.165) is 30.8 Å². The van der Waals surface area contributed by atoms with E-state index in [9.17, 15) is 0 Å². The minimum Gasteiger partial charge on any atom is -0.494 e. The molecule has 0 fully saturated rings. The van der Waals surface area contributed by atoms with E-state index < -0.39 is 0 Å². The van der Waals surface area contributed by atoms with Crippen molar-refractivity contribution in [3.05, 3.63) is 29.8 Å². The third kappa shape index (κ3) is 4.49. The number of unbranched alkanes of at least 4 members (excludes halogenated alkanes) is 1. The molecule has 15 heavy (non-hydrogen) atoms. The first-order valence-corrected chi connectivity index (χ1v) is 5.27. The standard InChI is InChI=1S/C12H18N2O/c1-2-3-8-15-11-6-4-10(5-7-11)9-12(13)14/h4-7H,2-3,8-9H2,1H3,(H3,13,14). The molecule has 0 bridgehead atoms. The molecule has 0 spiro atoms. The van der Waals surface area contributed by atoms with Gasteiger partial charge >= 0.3 is 0 Å². The van der Waals surface area contributed by atoms with Gasteiger partial charge in [0.2, 0.25) is 0 Å². The van der Waals surface area contributed by atoms with Crippen molar-refractivity contribution in [2.75, 3.05) is 6.61 Å². The topological polar surface area (TPSA) is 59.1 Å². The average Bonchev–Trinajstić information content (AvgIpc) is 2.20. The van der Waals surface area contributed by atoms with Crippen molar-refractivity contribution in [1.82, 2.24) is 0 Å².